The first kappa shape index (κ1) is 21.1. The third-order valence-corrected chi connectivity index (χ3v) is 8.67. The van der Waals surface area contributed by atoms with Crippen LogP contribution in [0.5, 0.6) is 0 Å². The molecule has 0 atom stereocenters. The van der Waals surface area contributed by atoms with E-state index in [9.17, 15) is 0 Å². The van der Waals surface area contributed by atoms with Gasteiger partial charge in [-0.2, -0.15) is 5.26 Å². The summed E-state index contributed by atoms with van der Waals surface area (Å²) in [5, 5.41) is 14.0. The Hall–Kier alpha value is -1.75. The van der Waals surface area contributed by atoms with E-state index in [0.717, 1.165) is 19.0 Å². The molecule has 0 fully saturated rings. The lowest BCUT2D eigenvalue weighted by atomic mass is 10.1. The van der Waals surface area contributed by atoms with Crippen LogP contribution in [0.2, 0.25) is 0 Å². The van der Waals surface area contributed by atoms with E-state index in [2.05, 4.69) is 102 Å². The summed E-state index contributed by atoms with van der Waals surface area (Å²) in [5.41, 5.74) is 0.720. The van der Waals surface area contributed by atoms with Crippen molar-refractivity contribution in [2.75, 3.05) is 0 Å². The van der Waals surface area contributed by atoms with E-state index in [0.29, 0.717) is 0 Å². The molecule has 2 aromatic heterocycles. The van der Waals surface area contributed by atoms with Gasteiger partial charge in [-0.15, -0.1) is 22.7 Å². The van der Waals surface area contributed by atoms with E-state index in [-0.39, 0.29) is 0 Å². The van der Waals surface area contributed by atoms with Gasteiger partial charge in [-0.1, -0.05) is 72.1 Å². The molecule has 0 amide bonds. The lowest BCUT2D eigenvalue weighted by Gasteiger charge is -1.92. The Morgan fingerprint density at radius 3 is 1.26 bits per heavy atom. The monoisotopic (exact) mass is 627 g/mol. The highest BCUT2D eigenvalue weighted by atomic mass is 79.9. The molecule has 0 N–H and O–H groups in total. The first-order valence-electron chi connectivity index (χ1n) is 9.31. The van der Waals surface area contributed by atoms with E-state index in [4.69, 9.17) is 5.26 Å². The molecular formula is C25H12Br3NS2. The second-order valence-electron chi connectivity index (χ2n) is 6.95. The van der Waals surface area contributed by atoms with Crippen LogP contribution in [0.1, 0.15) is 5.56 Å². The van der Waals surface area contributed by atoms with Crippen molar-refractivity contribution < 1.29 is 0 Å². The Bertz CT molecular complexity index is 1580. The van der Waals surface area contributed by atoms with Crippen molar-refractivity contribution in [3.63, 3.8) is 0 Å². The molecule has 2 heterocycles. The van der Waals surface area contributed by atoms with Gasteiger partial charge in [0.15, 0.2) is 0 Å². The number of nitriles is 1. The molecule has 6 aromatic rings. The zero-order chi connectivity index (χ0) is 21.5. The fourth-order valence-corrected chi connectivity index (χ4v) is 7.45. The summed E-state index contributed by atoms with van der Waals surface area (Å²) in [4.78, 5) is 0. The van der Waals surface area contributed by atoms with Gasteiger partial charge in [-0.25, -0.2) is 0 Å². The van der Waals surface area contributed by atoms with Gasteiger partial charge in [-0.05, 0) is 48.5 Å². The Labute approximate surface area is 212 Å². The summed E-state index contributed by atoms with van der Waals surface area (Å²) < 4.78 is 8.45. The van der Waals surface area contributed by atoms with Gasteiger partial charge < -0.3 is 0 Å². The number of thiophene rings is 2. The van der Waals surface area contributed by atoms with Crippen LogP contribution in [0, 0.1) is 11.3 Å². The van der Waals surface area contributed by atoms with E-state index in [1.54, 1.807) is 11.3 Å². The van der Waals surface area contributed by atoms with E-state index >= 15 is 0 Å². The second-order valence-corrected chi connectivity index (χ2v) is 11.9. The molecule has 6 rings (SSSR count). The molecule has 0 aliphatic carbocycles. The number of benzene rings is 4. The fraction of sp³-hybridized carbons (Fsp3) is 0. The van der Waals surface area contributed by atoms with Crippen LogP contribution in [0.25, 0.3) is 40.3 Å². The molecule has 31 heavy (non-hydrogen) atoms. The molecule has 0 aliphatic rings. The van der Waals surface area contributed by atoms with Crippen LogP contribution in [0.4, 0.5) is 0 Å². The van der Waals surface area contributed by atoms with Crippen LogP contribution in [0.15, 0.2) is 86.2 Å². The molecule has 150 valence electrons. The summed E-state index contributed by atoms with van der Waals surface area (Å²) in [6.07, 6.45) is 0. The van der Waals surface area contributed by atoms with Crippen LogP contribution >= 0.6 is 70.5 Å². The maximum atomic E-state index is 8.86. The predicted molar refractivity (Wildman–Crippen MR) is 146 cm³/mol. The number of halogens is 3. The number of fused-ring (bicyclic) bond motifs is 6. The summed E-state index contributed by atoms with van der Waals surface area (Å²) >= 11 is 14.0. The predicted octanol–water partition coefficient (Wildman–Crippen LogP) is 10.3. The molecule has 0 bridgehead atoms. The van der Waals surface area contributed by atoms with Gasteiger partial charge >= 0.3 is 0 Å². The highest BCUT2D eigenvalue weighted by Gasteiger charge is 2.06. The van der Waals surface area contributed by atoms with E-state index < -0.39 is 0 Å². The maximum absolute atomic E-state index is 8.86. The SMILES string of the molecule is Brc1ccc2c(c1)sc1cc(Br)ccc12.N#Cc1ccc2c(c1)sc1cc(Br)ccc12. The number of hydrogen-bond donors (Lipinski definition) is 0. The van der Waals surface area contributed by atoms with Gasteiger partial charge in [0.05, 0.1) is 11.6 Å². The minimum Gasteiger partial charge on any atom is -0.192 e. The van der Waals surface area contributed by atoms with Crippen molar-refractivity contribution in [2.24, 2.45) is 0 Å². The second kappa shape index (κ2) is 8.65. The zero-order valence-corrected chi connectivity index (χ0v) is 22.2. The molecular weight excluding hydrogens is 618 g/mol. The summed E-state index contributed by atoms with van der Waals surface area (Å²) in [6.45, 7) is 0. The maximum Gasteiger partial charge on any atom is 0.0992 e. The van der Waals surface area contributed by atoms with Crippen LogP contribution in [-0.4, -0.2) is 0 Å². The minimum absolute atomic E-state index is 0.720. The van der Waals surface area contributed by atoms with Gasteiger partial charge in [0.25, 0.3) is 0 Å². The Morgan fingerprint density at radius 1 is 0.516 bits per heavy atom. The van der Waals surface area contributed by atoms with Crippen molar-refractivity contribution in [3.05, 3.63) is 91.8 Å². The molecule has 0 aliphatic heterocycles. The number of nitrogens with zero attached hydrogens (tertiary/aromatic N) is 1. The van der Waals surface area contributed by atoms with Gasteiger partial charge in [-0.3, -0.25) is 0 Å². The molecule has 1 nitrogen and oxygen atoms in total. The highest BCUT2D eigenvalue weighted by molar-refractivity contribution is 9.11. The third kappa shape index (κ3) is 4.18. The first-order valence-corrected chi connectivity index (χ1v) is 13.3. The molecule has 0 spiro atoms. The lowest BCUT2D eigenvalue weighted by molar-refractivity contribution is 1.50. The molecule has 0 radical (unpaired) electrons. The zero-order valence-electron chi connectivity index (χ0n) is 15.8. The average molecular weight is 630 g/mol. The Morgan fingerprint density at radius 2 is 0.871 bits per heavy atom. The van der Waals surface area contributed by atoms with Crippen LogP contribution in [-0.2, 0) is 0 Å². The Kier molecular flexibility index (Phi) is 5.89. The first-order chi connectivity index (χ1) is 15.0. The van der Waals surface area contributed by atoms with Crippen LogP contribution < -0.4 is 0 Å². The number of rotatable bonds is 0. The van der Waals surface area contributed by atoms with Gasteiger partial charge in [0.1, 0.15) is 0 Å². The fourth-order valence-electron chi connectivity index (χ4n) is 3.55. The lowest BCUT2D eigenvalue weighted by Crippen LogP contribution is -1.71. The van der Waals surface area contributed by atoms with Gasteiger partial charge in [0, 0.05) is 53.8 Å². The minimum atomic E-state index is 0.720. The molecule has 0 saturated carbocycles. The van der Waals surface area contributed by atoms with Crippen molar-refractivity contribution in [2.45, 2.75) is 0 Å². The van der Waals surface area contributed by atoms with Crippen molar-refractivity contribution in [1.29, 1.82) is 5.26 Å². The smallest absolute Gasteiger partial charge is 0.0992 e. The average Bonchev–Trinajstić information content (AvgIpc) is 3.29. The van der Waals surface area contributed by atoms with E-state index in [1.165, 1.54) is 40.3 Å². The van der Waals surface area contributed by atoms with Crippen molar-refractivity contribution in [1.82, 2.24) is 0 Å². The quantitative estimate of drug-likeness (QED) is 0.164. The summed E-state index contributed by atoms with van der Waals surface area (Å²) in [7, 11) is 0. The molecule has 6 heteroatoms. The third-order valence-electron chi connectivity index (χ3n) is 4.96. The summed E-state index contributed by atoms with van der Waals surface area (Å²) in [6, 6.07) is 27.2. The number of hydrogen-bond acceptors (Lipinski definition) is 3. The normalized spacial score (nSPS) is 11.0. The largest absolute Gasteiger partial charge is 0.192 e. The highest BCUT2D eigenvalue weighted by Crippen LogP contribution is 2.37. The standard InChI is InChI=1S/C13H6BrNS.C12H6Br2S/c14-9-2-4-11-10-3-1-8(7-15)5-12(10)16-13(11)6-9;13-7-1-3-9-10-4-2-8(14)6-12(10)15-11(9)5-7/h1-6H;1-6H. The van der Waals surface area contributed by atoms with E-state index in [1.807, 2.05) is 35.6 Å². The summed E-state index contributed by atoms with van der Waals surface area (Å²) in [5.74, 6) is 0. The van der Waals surface area contributed by atoms with Gasteiger partial charge in [0.2, 0.25) is 0 Å². The topological polar surface area (TPSA) is 23.8 Å². The molecule has 0 saturated heterocycles. The molecule has 0 unspecified atom stereocenters. The van der Waals surface area contributed by atoms with Crippen LogP contribution in [0.3, 0.4) is 0 Å². The van der Waals surface area contributed by atoms with Crippen molar-refractivity contribution >= 4 is 111 Å². The Balaban J connectivity index is 0.000000132. The van der Waals surface area contributed by atoms with Crippen molar-refractivity contribution in [3.8, 4) is 6.07 Å². The molecule has 4 aromatic carbocycles.